The molecule has 0 fully saturated rings. The van der Waals surface area contributed by atoms with Gasteiger partial charge >= 0.3 is 8.56 Å². The van der Waals surface area contributed by atoms with E-state index in [-0.39, 0.29) is 0 Å². The summed E-state index contributed by atoms with van der Waals surface area (Å²) in [6.45, 7) is 7.59. The van der Waals surface area contributed by atoms with Gasteiger partial charge < -0.3 is 8.85 Å². The Hall–Kier alpha value is -1.58. The van der Waals surface area contributed by atoms with Crippen LogP contribution in [0.1, 0.15) is 124 Å². The Balaban J connectivity index is 1.56. The highest BCUT2D eigenvalue weighted by Crippen LogP contribution is 2.33. The fourth-order valence-corrected chi connectivity index (χ4v) is 7.50. The van der Waals surface area contributed by atoms with E-state index in [0.29, 0.717) is 0 Å². The first kappa shape index (κ1) is 31.6. The largest absolute Gasteiger partial charge is 0.520 e. The molecular weight excluding hydrogens is 468 g/mol. The van der Waals surface area contributed by atoms with Gasteiger partial charge in [0.05, 0.1) is 0 Å². The predicted molar refractivity (Wildman–Crippen MR) is 165 cm³/mol. The number of rotatable bonds is 23. The van der Waals surface area contributed by atoms with Crippen molar-refractivity contribution in [3.63, 3.8) is 0 Å². The Bertz CT molecular complexity index is 787. The van der Waals surface area contributed by atoms with Crippen LogP contribution < -0.4 is 4.43 Å². The lowest BCUT2D eigenvalue weighted by atomic mass is 10.0. The molecule has 2 rings (SSSR count). The van der Waals surface area contributed by atoms with Crippen LogP contribution in [0.2, 0.25) is 12.1 Å². The molecule has 0 aliphatic rings. The van der Waals surface area contributed by atoms with E-state index in [9.17, 15) is 0 Å². The number of hydrogen-bond acceptors (Lipinski definition) is 2. The molecule has 208 valence electrons. The summed E-state index contributed by atoms with van der Waals surface area (Å²) in [5.74, 6) is 0.969. The van der Waals surface area contributed by atoms with Gasteiger partial charge in [-0.1, -0.05) is 166 Å². The van der Waals surface area contributed by atoms with E-state index in [1.165, 1.54) is 102 Å². The highest BCUT2D eigenvalue weighted by Gasteiger charge is 2.36. The Morgan fingerprint density at radius 3 is 1.49 bits per heavy atom. The lowest BCUT2D eigenvalue weighted by molar-refractivity contribution is 0.230. The molecule has 0 atom stereocenters. The number of hydrogen-bond donors (Lipinski definition) is 0. The van der Waals surface area contributed by atoms with Crippen LogP contribution >= 0.6 is 0 Å². The van der Waals surface area contributed by atoms with Crippen LogP contribution in [-0.2, 0) is 4.43 Å². The third kappa shape index (κ3) is 13.2. The summed E-state index contributed by atoms with van der Waals surface area (Å²) in [5.41, 5.74) is 2.36. The third-order valence-corrected chi connectivity index (χ3v) is 11.2. The summed E-state index contributed by atoms with van der Waals surface area (Å²) in [7, 11) is -2.26. The van der Waals surface area contributed by atoms with E-state index in [0.717, 1.165) is 36.4 Å². The van der Waals surface area contributed by atoms with Gasteiger partial charge in [-0.05, 0) is 30.1 Å². The molecule has 0 radical (unpaired) electrons. The van der Waals surface area contributed by atoms with Crippen molar-refractivity contribution >= 4 is 8.56 Å². The standard InChI is InChI=1S/C34H56O2Si/c1-4-7-8-9-10-11-12-13-14-15-16-17-18-19-20-26-31-35-37(5-2,6-3)36-34-30-25-24-29-33(34)32-27-22-21-23-28-32/h21-25,27-30H,4-20,26,31H2,1-3H3. The fourth-order valence-electron chi connectivity index (χ4n) is 5.15. The van der Waals surface area contributed by atoms with E-state index in [4.69, 9.17) is 8.85 Å². The lowest BCUT2D eigenvalue weighted by Crippen LogP contribution is -2.44. The van der Waals surface area contributed by atoms with Crippen molar-refractivity contribution in [2.45, 2.75) is 136 Å². The molecule has 0 saturated heterocycles. The minimum atomic E-state index is -2.26. The Morgan fingerprint density at radius 1 is 0.514 bits per heavy atom. The molecule has 0 heterocycles. The summed E-state index contributed by atoms with van der Waals surface area (Å²) in [6.07, 6.45) is 22.3. The first-order valence-electron chi connectivity index (χ1n) is 15.7. The van der Waals surface area contributed by atoms with Gasteiger partial charge in [0.25, 0.3) is 0 Å². The molecular formula is C34H56O2Si. The number of para-hydroxylation sites is 1. The van der Waals surface area contributed by atoms with Crippen molar-refractivity contribution < 1.29 is 8.85 Å². The summed E-state index contributed by atoms with van der Waals surface area (Å²) in [5, 5.41) is 0. The summed E-state index contributed by atoms with van der Waals surface area (Å²) in [4.78, 5) is 0. The van der Waals surface area contributed by atoms with Crippen molar-refractivity contribution in [1.82, 2.24) is 0 Å². The second kappa shape index (κ2) is 20.4. The molecule has 3 heteroatoms. The highest BCUT2D eigenvalue weighted by atomic mass is 28.4. The van der Waals surface area contributed by atoms with Crippen LogP contribution in [0.4, 0.5) is 0 Å². The van der Waals surface area contributed by atoms with Crippen LogP contribution in [0.5, 0.6) is 5.75 Å². The minimum Gasteiger partial charge on any atom is -0.520 e. The van der Waals surface area contributed by atoms with Gasteiger partial charge in [-0.15, -0.1) is 0 Å². The van der Waals surface area contributed by atoms with E-state index >= 15 is 0 Å². The zero-order chi connectivity index (χ0) is 26.4. The first-order chi connectivity index (χ1) is 18.2. The summed E-state index contributed by atoms with van der Waals surface area (Å²) < 4.78 is 13.3. The Kier molecular flexibility index (Phi) is 17.4. The molecule has 0 N–H and O–H groups in total. The van der Waals surface area contributed by atoms with Crippen LogP contribution in [0.15, 0.2) is 54.6 Å². The van der Waals surface area contributed by atoms with E-state index < -0.39 is 8.56 Å². The molecule has 0 aliphatic heterocycles. The Labute approximate surface area is 230 Å². The monoisotopic (exact) mass is 524 g/mol. The third-order valence-electron chi connectivity index (χ3n) is 7.71. The van der Waals surface area contributed by atoms with Crippen LogP contribution in [0.3, 0.4) is 0 Å². The second-order valence-electron chi connectivity index (χ2n) is 10.7. The molecule has 0 saturated carbocycles. The van der Waals surface area contributed by atoms with Crippen LogP contribution in [0, 0.1) is 0 Å². The SMILES string of the molecule is CCCCCCCCCCCCCCCCCCO[Si](CC)(CC)Oc1ccccc1-c1ccccc1. The molecule has 2 aromatic rings. The number of unbranched alkanes of at least 4 members (excludes halogenated alkanes) is 15. The first-order valence-corrected chi connectivity index (χ1v) is 17.9. The van der Waals surface area contributed by atoms with Crippen molar-refractivity contribution in [2.75, 3.05) is 6.61 Å². The maximum Gasteiger partial charge on any atom is 0.398 e. The molecule has 0 aliphatic carbocycles. The zero-order valence-corrected chi connectivity index (χ0v) is 25.4. The van der Waals surface area contributed by atoms with E-state index in [1.54, 1.807) is 0 Å². The van der Waals surface area contributed by atoms with Gasteiger partial charge in [0.15, 0.2) is 0 Å². The molecule has 0 amide bonds. The van der Waals surface area contributed by atoms with Gasteiger partial charge in [0.1, 0.15) is 5.75 Å². The highest BCUT2D eigenvalue weighted by molar-refractivity contribution is 6.68. The van der Waals surface area contributed by atoms with Crippen LogP contribution in [-0.4, -0.2) is 15.2 Å². The van der Waals surface area contributed by atoms with E-state index in [1.807, 2.05) is 0 Å². The molecule has 2 aromatic carbocycles. The minimum absolute atomic E-state index is 0.833. The predicted octanol–water partition coefficient (Wildman–Crippen LogP) is 11.5. The fraction of sp³-hybridized carbons (Fsp3) is 0.647. The molecule has 0 aromatic heterocycles. The topological polar surface area (TPSA) is 18.5 Å². The quantitative estimate of drug-likeness (QED) is 0.106. The van der Waals surface area contributed by atoms with Crippen molar-refractivity contribution in [2.24, 2.45) is 0 Å². The molecule has 0 bridgehead atoms. The summed E-state index contributed by atoms with van der Waals surface area (Å²) >= 11 is 0. The van der Waals surface area contributed by atoms with Crippen molar-refractivity contribution in [1.29, 1.82) is 0 Å². The number of benzene rings is 2. The molecule has 0 unspecified atom stereocenters. The van der Waals surface area contributed by atoms with Gasteiger partial charge in [0.2, 0.25) is 0 Å². The normalized spacial score (nSPS) is 11.6. The molecule has 2 nitrogen and oxygen atoms in total. The maximum absolute atomic E-state index is 6.73. The van der Waals surface area contributed by atoms with Gasteiger partial charge in [-0.25, -0.2) is 0 Å². The van der Waals surface area contributed by atoms with E-state index in [2.05, 4.69) is 75.4 Å². The average Bonchev–Trinajstić information content (AvgIpc) is 2.95. The molecule has 0 spiro atoms. The lowest BCUT2D eigenvalue weighted by Gasteiger charge is -2.30. The van der Waals surface area contributed by atoms with Crippen molar-refractivity contribution in [3.8, 4) is 16.9 Å². The van der Waals surface area contributed by atoms with Gasteiger partial charge in [-0.2, -0.15) is 0 Å². The van der Waals surface area contributed by atoms with Gasteiger partial charge in [0, 0.05) is 12.2 Å². The van der Waals surface area contributed by atoms with Crippen molar-refractivity contribution in [3.05, 3.63) is 54.6 Å². The maximum atomic E-state index is 6.73. The average molecular weight is 525 g/mol. The Morgan fingerprint density at radius 2 is 0.973 bits per heavy atom. The second-order valence-corrected chi connectivity index (χ2v) is 14.5. The molecule has 37 heavy (non-hydrogen) atoms. The van der Waals surface area contributed by atoms with Crippen LogP contribution in [0.25, 0.3) is 11.1 Å². The van der Waals surface area contributed by atoms with Gasteiger partial charge in [-0.3, -0.25) is 0 Å². The smallest absolute Gasteiger partial charge is 0.398 e. The zero-order valence-electron chi connectivity index (χ0n) is 24.4. The summed E-state index contributed by atoms with van der Waals surface area (Å²) in [6, 6.07) is 20.9.